The Morgan fingerprint density at radius 2 is 2.44 bits per heavy atom. The van der Waals surface area contributed by atoms with Gasteiger partial charge in [0.1, 0.15) is 5.01 Å². The zero-order valence-corrected chi connectivity index (χ0v) is 10.00. The first-order valence-electron chi connectivity index (χ1n) is 5.49. The molecule has 4 nitrogen and oxygen atoms in total. The average Bonchev–Trinajstić information content (AvgIpc) is 2.82. The molecule has 1 fully saturated rings. The summed E-state index contributed by atoms with van der Waals surface area (Å²) >= 11 is 1.74. The third-order valence-corrected chi connectivity index (χ3v) is 3.76. The van der Waals surface area contributed by atoms with Crippen molar-refractivity contribution < 1.29 is 0 Å². The molecule has 1 saturated carbocycles. The van der Waals surface area contributed by atoms with Crippen molar-refractivity contribution in [3.8, 4) is 10.7 Å². The Balaban J connectivity index is 1.74. The van der Waals surface area contributed by atoms with Crippen molar-refractivity contribution in [2.45, 2.75) is 25.4 Å². The van der Waals surface area contributed by atoms with Crippen LogP contribution in [0.4, 0.5) is 0 Å². The Morgan fingerprint density at radius 3 is 3.12 bits per heavy atom. The highest BCUT2D eigenvalue weighted by atomic mass is 32.1. The molecule has 0 spiro atoms. The van der Waals surface area contributed by atoms with E-state index in [0.29, 0.717) is 0 Å². The molecule has 0 unspecified atom stereocenters. The van der Waals surface area contributed by atoms with E-state index in [0.717, 1.165) is 23.3 Å². The number of hydrogen-bond donors (Lipinski definition) is 1. The molecule has 84 valence electrons. The molecule has 0 saturated heterocycles. The van der Waals surface area contributed by atoms with E-state index in [1.165, 1.54) is 17.7 Å². The van der Waals surface area contributed by atoms with Gasteiger partial charge in [-0.05, 0) is 18.9 Å². The maximum absolute atomic E-state index is 4.44. The average molecular weight is 234 g/mol. The Hall–Kier alpha value is -1.20. The molecule has 0 amide bonds. The van der Waals surface area contributed by atoms with Crippen molar-refractivity contribution in [1.82, 2.24) is 20.1 Å². The Morgan fingerprint density at radius 1 is 1.56 bits per heavy atom. The molecular weight excluding hydrogens is 220 g/mol. The van der Waals surface area contributed by atoms with Crippen molar-refractivity contribution in [1.29, 1.82) is 0 Å². The summed E-state index contributed by atoms with van der Waals surface area (Å²) < 4.78 is 1.86. The minimum absolute atomic E-state index is 0.752. The Labute approximate surface area is 98.3 Å². The molecule has 16 heavy (non-hydrogen) atoms. The summed E-state index contributed by atoms with van der Waals surface area (Å²) in [4.78, 5) is 5.73. The lowest BCUT2D eigenvalue weighted by Gasteiger charge is -1.97. The number of aryl methyl sites for hydroxylation is 1. The smallest absolute Gasteiger partial charge is 0.141 e. The maximum atomic E-state index is 4.44. The first-order chi connectivity index (χ1) is 7.83. The van der Waals surface area contributed by atoms with Crippen LogP contribution < -0.4 is 5.32 Å². The monoisotopic (exact) mass is 234 g/mol. The van der Waals surface area contributed by atoms with Gasteiger partial charge in [-0.15, -0.1) is 11.3 Å². The van der Waals surface area contributed by atoms with E-state index in [9.17, 15) is 0 Å². The fraction of sp³-hybridized carbons (Fsp3) is 0.455. The Bertz CT molecular complexity index is 484. The second-order valence-corrected chi connectivity index (χ2v) is 5.24. The van der Waals surface area contributed by atoms with Gasteiger partial charge < -0.3 is 5.32 Å². The van der Waals surface area contributed by atoms with Gasteiger partial charge in [0.2, 0.25) is 0 Å². The van der Waals surface area contributed by atoms with Crippen LogP contribution in [0.2, 0.25) is 0 Å². The van der Waals surface area contributed by atoms with Gasteiger partial charge in [-0.25, -0.2) is 4.98 Å². The van der Waals surface area contributed by atoms with Gasteiger partial charge in [-0.3, -0.25) is 4.68 Å². The van der Waals surface area contributed by atoms with Gasteiger partial charge in [0, 0.05) is 36.9 Å². The molecule has 0 radical (unpaired) electrons. The number of aromatic nitrogens is 3. The molecule has 2 heterocycles. The predicted octanol–water partition coefficient (Wildman–Crippen LogP) is 1.80. The quantitative estimate of drug-likeness (QED) is 0.877. The fourth-order valence-corrected chi connectivity index (χ4v) is 2.54. The van der Waals surface area contributed by atoms with Crippen molar-refractivity contribution in [2.75, 3.05) is 0 Å². The summed E-state index contributed by atoms with van der Waals surface area (Å²) in [6.07, 6.45) is 6.42. The van der Waals surface area contributed by atoms with Crippen molar-refractivity contribution >= 4 is 11.3 Å². The van der Waals surface area contributed by atoms with Gasteiger partial charge in [0.05, 0.1) is 5.69 Å². The lowest BCUT2D eigenvalue weighted by Crippen LogP contribution is -2.14. The number of rotatable bonds is 4. The van der Waals surface area contributed by atoms with E-state index in [1.807, 2.05) is 24.0 Å². The molecule has 2 aromatic heterocycles. The number of nitrogens with one attached hydrogen (secondary N) is 1. The molecular formula is C11H14N4S. The Kier molecular flexibility index (Phi) is 2.49. The van der Waals surface area contributed by atoms with Crippen LogP contribution in [0, 0.1) is 0 Å². The summed E-state index contributed by atoms with van der Waals surface area (Å²) in [6, 6.07) is 2.75. The second kappa shape index (κ2) is 3.99. The lowest BCUT2D eigenvalue weighted by molar-refractivity contribution is 0.694. The molecule has 0 atom stereocenters. The highest BCUT2D eigenvalue weighted by Gasteiger charge is 2.20. The van der Waals surface area contributed by atoms with E-state index in [2.05, 4.69) is 15.4 Å². The zero-order chi connectivity index (χ0) is 11.0. The minimum Gasteiger partial charge on any atom is -0.309 e. The van der Waals surface area contributed by atoms with Crippen LogP contribution in [0.25, 0.3) is 10.7 Å². The normalized spacial score (nSPS) is 15.6. The molecule has 2 aromatic rings. The van der Waals surface area contributed by atoms with Gasteiger partial charge in [0.25, 0.3) is 0 Å². The molecule has 0 aromatic carbocycles. The van der Waals surface area contributed by atoms with E-state index < -0.39 is 0 Å². The van der Waals surface area contributed by atoms with Gasteiger partial charge in [-0.2, -0.15) is 5.10 Å². The number of hydrogen-bond acceptors (Lipinski definition) is 4. The molecule has 1 N–H and O–H groups in total. The topological polar surface area (TPSA) is 42.7 Å². The third kappa shape index (κ3) is 2.01. The first kappa shape index (κ1) is 9.99. The highest BCUT2D eigenvalue weighted by Crippen LogP contribution is 2.25. The number of thiazole rings is 1. The van der Waals surface area contributed by atoms with Crippen molar-refractivity contribution in [3.63, 3.8) is 0 Å². The SMILES string of the molecule is Cn1nccc1-c1ncc(CNC2CC2)s1. The molecule has 1 aliphatic carbocycles. The summed E-state index contributed by atoms with van der Waals surface area (Å²) in [7, 11) is 1.94. The lowest BCUT2D eigenvalue weighted by atomic mass is 10.4. The van der Waals surface area contributed by atoms with Gasteiger partial charge in [-0.1, -0.05) is 0 Å². The van der Waals surface area contributed by atoms with Crippen LogP contribution in [0.15, 0.2) is 18.5 Å². The van der Waals surface area contributed by atoms with Gasteiger partial charge in [0.15, 0.2) is 0 Å². The summed E-state index contributed by atoms with van der Waals surface area (Å²) in [6.45, 7) is 0.945. The van der Waals surface area contributed by atoms with E-state index in [4.69, 9.17) is 0 Å². The number of nitrogens with zero attached hydrogens (tertiary/aromatic N) is 3. The van der Waals surface area contributed by atoms with Crippen molar-refractivity contribution in [3.05, 3.63) is 23.3 Å². The van der Waals surface area contributed by atoms with E-state index in [-0.39, 0.29) is 0 Å². The first-order valence-corrected chi connectivity index (χ1v) is 6.31. The fourth-order valence-electron chi connectivity index (χ4n) is 1.62. The summed E-state index contributed by atoms with van der Waals surface area (Å²) in [5.41, 5.74) is 1.09. The predicted molar refractivity (Wildman–Crippen MR) is 64.2 cm³/mol. The minimum atomic E-state index is 0.752. The van der Waals surface area contributed by atoms with Gasteiger partial charge >= 0.3 is 0 Å². The van der Waals surface area contributed by atoms with Crippen LogP contribution >= 0.6 is 11.3 Å². The largest absolute Gasteiger partial charge is 0.309 e. The summed E-state index contributed by atoms with van der Waals surface area (Å²) in [5, 5.41) is 8.70. The molecule has 3 rings (SSSR count). The molecule has 0 bridgehead atoms. The highest BCUT2D eigenvalue weighted by molar-refractivity contribution is 7.15. The zero-order valence-electron chi connectivity index (χ0n) is 9.18. The molecule has 1 aliphatic rings. The van der Waals surface area contributed by atoms with E-state index >= 15 is 0 Å². The van der Waals surface area contributed by atoms with Crippen molar-refractivity contribution in [2.24, 2.45) is 7.05 Å². The van der Waals surface area contributed by atoms with Crippen LogP contribution in [0.1, 0.15) is 17.7 Å². The summed E-state index contributed by atoms with van der Waals surface area (Å²) in [5.74, 6) is 0. The maximum Gasteiger partial charge on any atom is 0.141 e. The van der Waals surface area contributed by atoms with Crippen LogP contribution in [0.5, 0.6) is 0 Å². The molecule has 0 aliphatic heterocycles. The third-order valence-electron chi connectivity index (χ3n) is 2.74. The van der Waals surface area contributed by atoms with Crippen LogP contribution in [-0.4, -0.2) is 20.8 Å². The van der Waals surface area contributed by atoms with Crippen LogP contribution in [0.3, 0.4) is 0 Å². The molecule has 5 heteroatoms. The second-order valence-electron chi connectivity index (χ2n) is 4.13. The van der Waals surface area contributed by atoms with E-state index in [1.54, 1.807) is 17.5 Å². The van der Waals surface area contributed by atoms with Crippen LogP contribution in [-0.2, 0) is 13.6 Å². The standard InChI is InChI=1S/C11H14N4S/c1-15-10(4-5-14-15)11-13-7-9(16-11)6-12-8-2-3-8/h4-5,7-8,12H,2-3,6H2,1H3.